The standard InChI is InChI=1S/C13H18FNS/c1-10-4-2-3-7-15(10)9-11-8-12(14)5-6-13(11)16/h5-6,8,10,16H,2-4,7,9H2,1H3/t10-/m1/s1. The van der Waals surface area contributed by atoms with Crippen molar-refractivity contribution in [2.24, 2.45) is 0 Å². The van der Waals surface area contributed by atoms with Gasteiger partial charge in [-0.2, -0.15) is 0 Å². The zero-order valence-electron chi connectivity index (χ0n) is 9.62. The normalized spacial score (nSPS) is 22.3. The third-order valence-electron chi connectivity index (χ3n) is 3.36. The van der Waals surface area contributed by atoms with Gasteiger partial charge >= 0.3 is 0 Å². The van der Waals surface area contributed by atoms with Gasteiger partial charge in [0.15, 0.2) is 0 Å². The first-order chi connectivity index (χ1) is 7.66. The van der Waals surface area contributed by atoms with Gasteiger partial charge in [-0.1, -0.05) is 6.42 Å². The smallest absolute Gasteiger partial charge is 0.123 e. The molecule has 0 amide bonds. The van der Waals surface area contributed by atoms with Crippen LogP contribution >= 0.6 is 12.6 Å². The summed E-state index contributed by atoms with van der Waals surface area (Å²) in [4.78, 5) is 3.30. The fraction of sp³-hybridized carbons (Fsp3) is 0.538. The minimum Gasteiger partial charge on any atom is -0.296 e. The molecule has 0 bridgehead atoms. The van der Waals surface area contributed by atoms with Crippen LogP contribution in [-0.4, -0.2) is 17.5 Å². The van der Waals surface area contributed by atoms with Crippen molar-refractivity contribution >= 4 is 12.6 Å². The Morgan fingerprint density at radius 3 is 3.00 bits per heavy atom. The number of rotatable bonds is 2. The highest BCUT2D eigenvalue weighted by Gasteiger charge is 2.18. The first-order valence-electron chi connectivity index (χ1n) is 5.88. The number of hydrogen-bond donors (Lipinski definition) is 1. The summed E-state index contributed by atoms with van der Waals surface area (Å²) in [5, 5.41) is 0. The molecule has 0 N–H and O–H groups in total. The van der Waals surface area contributed by atoms with Gasteiger partial charge in [-0.05, 0) is 50.1 Å². The van der Waals surface area contributed by atoms with Gasteiger partial charge in [0.05, 0.1) is 0 Å². The van der Waals surface area contributed by atoms with Gasteiger partial charge < -0.3 is 0 Å². The molecule has 1 aromatic carbocycles. The summed E-state index contributed by atoms with van der Waals surface area (Å²) in [6, 6.07) is 5.40. The second-order valence-electron chi connectivity index (χ2n) is 4.59. The van der Waals surface area contributed by atoms with E-state index in [-0.39, 0.29) is 5.82 Å². The van der Waals surface area contributed by atoms with Gasteiger partial charge in [0, 0.05) is 17.5 Å². The summed E-state index contributed by atoms with van der Waals surface area (Å²) in [5.41, 5.74) is 0.997. The maximum atomic E-state index is 13.1. The summed E-state index contributed by atoms with van der Waals surface area (Å²) in [7, 11) is 0. The fourth-order valence-electron chi connectivity index (χ4n) is 2.29. The number of benzene rings is 1. The Hall–Kier alpha value is -0.540. The second-order valence-corrected chi connectivity index (χ2v) is 5.07. The molecule has 1 heterocycles. The third-order valence-corrected chi connectivity index (χ3v) is 3.79. The molecule has 0 unspecified atom stereocenters. The molecule has 1 saturated heterocycles. The van der Waals surface area contributed by atoms with Crippen LogP contribution in [0.3, 0.4) is 0 Å². The van der Waals surface area contributed by atoms with Crippen molar-refractivity contribution < 1.29 is 4.39 Å². The van der Waals surface area contributed by atoms with Gasteiger partial charge in [-0.25, -0.2) is 4.39 Å². The van der Waals surface area contributed by atoms with E-state index in [0.717, 1.165) is 23.5 Å². The van der Waals surface area contributed by atoms with Gasteiger partial charge in [-0.15, -0.1) is 12.6 Å². The molecule has 1 atom stereocenters. The molecule has 88 valence electrons. The number of nitrogens with zero attached hydrogens (tertiary/aromatic N) is 1. The van der Waals surface area contributed by atoms with Crippen molar-refractivity contribution in [3.05, 3.63) is 29.6 Å². The molecule has 16 heavy (non-hydrogen) atoms. The molecular formula is C13H18FNS. The van der Waals surface area contributed by atoms with E-state index in [1.807, 2.05) is 0 Å². The molecule has 0 saturated carbocycles. The van der Waals surface area contributed by atoms with E-state index in [4.69, 9.17) is 0 Å². The minimum atomic E-state index is -0.169. The van der Waals surface area contributed by atoms with Gasteiger partial charge in [0.2, 0.25) is 0 Å². The molecule has 1 fully saturated rings. The predicted octanol–water partition coefficient (Wildman–Crippen LogP) is 3.49. The lowest BCUT2D eigenvalue weighted by Gasteiger charge is -2.33. The predicted molar refractivity (Wildman–Crippen MR) is 67.4 cm³/mol. The Morgan fingerprint density at radius 1 is 1.44 bits per heavy atom. The number of hydrogen-bond acceptors (Lipinski definition) is 2. The van der Waals surface area contributed by atoms with Crippen molar-refractivity contribution in [2.75, 3.05) is 6.54 Å². The first kappa shape index (κ1) is 11.9. The average molecular weight is 239 g/mol. The number of halogens is 1. The van der Waals surface area contributed by atoms with Crippen LogP contribution in [-0.2, 0) is 6.54 Å². The molecule has 3 heteroatoms. The summed E-state index contributed by atoms with van der Waals surface area (Å²) >= 11 is 4.38. The Morgan fingerprint density at radius 2 is 2.25 bits per heavy atom. The molecule has 1 aliphatic heterocycles. The van der Waals surface area contributed by atoms with E-state index in [0.29, 0.717) is 6.04 Å². The van der Waals surface area contributed by atoms with Crippen LogP contribution in [0.1, 0.15) is 31.7 Å². The SMILES string of the molecule is C[C@@H]1CCCCN1Cc1cc(F)ccc1S. The van der Waals surface area contributed by atoms with Crippen LogP contribution in [0.4, 0.5) is 4.39 Å². The van der Waals surface area contributed by atoms with E-state index in [9.17, 15) is 4.39 Å². The van der Waals surface area contributed by atoms with E-state index in [1.165, 1.54) is 25.3 Å². The topological polar surface area (TPSA) is 3.24 Å². The average Bonchev–Trinajstić information content (AvgIpc) is 2.27. The lowest BCUT2D eigenvalue weighted by atomic mass is 10.0. The largest absolute Gasteiger partial charge is 0.296 e. The van der Waals surface area contributed by atoms with Crippen LogP contribution in [0.2, 0.25) is 0 Å². The van der Waals surface area contributed by atoms with Crippen molar-refractivity contribution in [2.45, 2.75) is 43.7 Å². The molecule has 0 spiro atoms. The lowest BCUT2D eigenvalue weighted by Crippen LogP contribution is -2.36. The van der Waals surface area contributed by atoms with Gasteiger partial charge in [0.25, 0.3) is 0 Å². The Labute approximate surface area is 102 Å². The number of thiol groups is 1. The molecule has 1 aliphatic rings. The van der Waals surface area contributed by atoms with Gasteiger partial charge in [-0.3, -0.25) is 4.90 Å². The lowest BCUT2D eigenvalue weighted by molar-refractivity contribution is 0.151. The van der Waals surface area contributed by atoms with Crippen molar-refractivity contribution in [3.63, 3.8) is 0 Å². The first-order valence-corrected chi connectivity index (χ1v) is 6.33. The highest BCUT2D eigenvalue weighted by atomic mass is 32.1. The third kappa shape index (κ3) is 2.77. The zero-order valence-corrected chi connectivity index (χ0v) is 10.5. The minimum absolute atomic E-state index is 0.169. The highest BCUT2D eigenvalue weighted by Crippen LogP contribution is 2.22. The Kier molecular flexibility index (Phi) is 3.87. The van der Waals surface area contributed by atoms with Crippen molar-refractivity contribution in [1.82, 2.24) is 4.90 Å². The van der Waals surface area contributed by atoms with E-state index < -0.39 is 0 Å². The summed E-state index contributed by atoms with van der Waals surface area (Å²) in [6.07, 6.45) is 3.81. The summed E-state index contributed by atoms with van der Waals surface area (Å²) in [6.45, 7) is 4.18. The Bertz CT molecular complexity index is 367. The van der Waals surface area contributed by atoms with Crippen LogP contribution in [0.5, 0.6) is 0 Å². The maximum absolute atomic E-state index is 13.1. The van der Waals surface area contributed by atoms with E-state index in [2.05, 4.69) is 24.5 Å². The Balaban J connectivity index is 2.10. The van der Waals surface area contributed by atoms with E-state index >= 15 is 0 Å². The van der Waals surface area contributed by atoms with Crippen molar-refractivity contribution in [3.8, 4) is 0 Å². The molecule has 0 radical (unpaired) electrons. The molecule has 0 aromatic heterocycles. The molecule has 1 nitrogen and oxygen atoms in total. The summed E-state index contributed by atoms with van der Waals surface area (Å²) in [5.74, 6) is -0.169. The molecule has 0 aliphatic carbocycles. The number of piperidine rings is 1. The number of likely N-dealkylation sites (tertiary alicyclic amines) is 1. The quantitative estimate of drug-likeness (QED) is 0.773. The maximum Gasteiger partial charge on any atom is 0.123 e. The molecular weight excluding hydrogens is 221 g/mol. The highest BCUT2D eigenvalue weighted by molar-refractivity contribution is 7.80. The van der Waals surface area contributed by atoms with Crippen LogP contribution in [0.25, 0.3) is 0 Å². The molecule has 2 rings (SSSR count). The monoisotopic (exact) mass is 239 g/mol. The van der Waals surface area contributed by atoms with Crippen LogP contribution in [0.15, 0.2) is 23.1 Å². The summed E-state index contributed by atoms with van der Waals surface area (Å²) < 4.78 is 13.1. The fourth-order valence-corrected chi connectivity index (χ4v) is 2.50. The van der Waals surface area contributed by atoms with Gasteiger partial charge in [0.1, 0.15) is 5.82 Å². The second kappa shape index (κ2) is 5.19. The van der Waals surface area contributed by atoms with Crippen molar-refractivity contribution in [1.29, 1.82) is 0 Å². The zero-order chi connectivity index (χ0) is 11.5. The van der Waals surface area contributed by atoms with E-state index in [1.54, 1.807) is 12.1 Å². The van der Waals surface area contributed by atoms with Crippen LogP contribution < -0.4 is 0 Å². The van der Waals surface area contributed by atoms with Crippen LogP contribution in [0, 0.1) is 5.82 Å². The molecule has 1 aromatic rings.